The SMILES string of the molecule is [CH3][Sn]([CH3])[CH3].[CH3][Sn][CH3]. The molecule has 0 aromatic rings. The van der Waals surface area contributed by atoms with E-state index in [-0.39, 0.29) is 21.1 Å². The minimum atomic E-state index is -0.543. The van der Waals surface area contributed by atoms with E-state index in [4.69, 9.17) is 0 Å². The van der Waals surface area contributed by atoms with Crippen molar-refractivity contribution < 1.29 is 0 Å². The van der Waals surface area contributed by atoms with Gasteiger partial charge in [-0.05, 0) is 0 Å². The van der Waals surface area contributed by atoms with Gasteiger partial charge in [-0.25, -0.2) is 0 Å². The Morgan fingerprint density at radius 2 is 1.00 bits per heavy atom. The van der Waals surface area contributed by atoms with E-state index in [0.717, 1.165) is 0 Å². The molecular formula is C5H15Sn2. The third kappa shape index (κ3) is 93.3. The van der Waals surface area contributed by atoms with E-state index < -0.39 is 19.8 Å². The van der Waals surface area contributed by atoms with E-state index in [2.05, 4.69) is 24.7 Å². The number of hydrogen-bond acceptors (Lipinski definition) is 0. The van der Waals surface area contributed by atoms with Gasteiger partial charge in [0, 0.05) is 0 Å². The quantitative estimate of drug-likeness (QED) is 0.601. The van der Waals surface area contributed by atoms with Crippen molar-refractivity contribution in [2.24, 2.45) is 0 Å². The average Bonchev–Trinajstić information content (AvgIpc) is 1.33. The molecule has 0 amide bonds. The van der Waals surface area contributed by atoms with Crippen LogP contribution >= 0.6 is 0 Å². The van der Waals surface area contributed by atoms with Crippen molar-refractivity contribution in [3.63, 3.8) is 0 Å². The Labute approximate surface area is 65.0 Å². The van der Waals surface area contributed by atoms with Crippen molar-refractivity contribution in [1.29, 1.82) is 0 Å². The van der Waals surface area contributed by atoms with Gasteiger partial charge in [-0.1, -0.05) is 0 Å². The molecule has 2 heteroatoms. The van der Waals surface area contributed by atoms with Gasteiger partial charge in [0.25, 0.3) is 0 Å². The van der Waals surface area contributed by atoms with Crippen molar-refractivity contribution >= 4 is 40.9 Å². The zero-order valence-electron chi connectivity index (χ0n) is 6.00. The van der Waals surface area contributed by atoms with Crippen LogP contribution in [0.2, 0.25) is 24.7 Å². The molecule has 0 bridgehead atoms. The van der Waals surface area contributed by atoms with Crippen LogP contribution in [0.4, 0.5) is 0 Å². The molecule has 0 unspecified atom stereocenters. The van der Waals surface area contributed by atoms with Crippen molar-refractivity contribution in [3.8, 4) is 0 Å². The number of hydrogen-bond donors (Lipinski definition) is 0. The fourth-order valence-corrected chi connectivity index (χ4v) is 0. The molecule has 0 N–H and O–H groups in total. The Hall–Kier alpha value is 1.60. The molecule has 0 heterocycles. The molecule has 0 aliphatic rings. The summed E-state index contributed by atoms with van der Waals surface area (Å²) in [5, 5.41) is 0. The first-order valence-corrected chi connectivity index (χ1v) is 16.8. The van der Waals surface area contributed by atoms with Gasteiger partial charge in [-0.15, -0.1) is 0 Å². The molecule has 0 aliphatic heterocycles. The molecular weight excluding hydrogens is 297 g/mol. The van der Waals surface area contributed by atoms with E-state index in [1.54, 1.807) is 0 Å². The first kappa shape index (κ1) is 11.4. The van der Waals surface area contributed by atoms with E-state index in [1.807, 2.05) is 0 Å². The van der Waals surface area contributed by atoms with Gasteiger partial charge in [0.2, 0.25) is 0 Å². The van der Waals surface area contributed by atoms with E-state index in [0.29, 0.717) is 0 Å². The first-order chi connectivity index (χ1) is 3.15. The molecule has 0 rings (SSSR count). The molecule has 0 saturated carbocycles. The zero-order chi connectivity index (χ0) is 6.28. The molecule has 0 aromatic carbocycles. The molecule has 0 saturated heterocycles. The summed E-state index contributed by atoms with van der Waals surface area (Å²) in [6.45, 7) is 0. The second kappa shape index (κ2) is 10.6. The summed E-state index contributed by atoms with van der Waals surface area (Å²) >= 11 is -0.313. The average molecular weight is 313 g/mol. The maximum absolute atomic E-state index is 2.36. The Bertz CT molecular complexity index is 17.3. The molecule has 0 aromatic heterocycles. The van der Waals surface area contributed by atoms with Crippen LogP contribution in [-0.4, -0.2) is 40.9 Å². The van der Waals surface area contributed by atoms with Gasteiger partial charge in [0.05, 0.1) is 0 Å². The summed E-state index contributed by atoms with van der Waals surface area (Å²) in [5.74, 6) is 0. The summed E-state index contributed by atoms with van der Waals surface area (Å²) < 4.78 is 0. The third-order valence-corrected chi connectivity index (χ3v) is 0. The normalized spacial score (nSPS) is 7.71. The molecule has 3 radical (unpaired) electrons. The van der Waals surface area contributed by atoms with Crippen LogP contribution < -0.4 is 0 Å². The van der Waals surface area contributed by atoms with E-state index in [9.17, 15) is 0 Å². The molecule has 0 aliphatic carbocycles. The fraction of sp³-hybridized carbons (Fsp3) is 1.00. The van der Waals surface area contributed by atoms with E-state index >= 15 is 0 Å². The second-order valence-electron chi connectivity index (χ2n) is 2.00. The predicted octanol–water partition coefficient (Wildman–Crippen LogP) is 2.16. The van der Waals surface area contributed by atoms with Gasteiger partial charge >= 0.3 is 65.6 Å². The van der Waals surface area contributed by atoms with Crippen molar-refractivity contribution in [2.45, 2.75) is 24.7 Å². The van der Waals surface area contributed by atoms with Crippen molar-refractivity contribution in [3.05, 3.63) is 0 Å². The Morgan fingerprint density at radius 3 is 1.00 bits per heavy atom. The summed E-state index contributed by atoms with van der Waals surface area (Å²) in [6, 6.07) is 0. The van der Waals surface area contributed by atoms with Crippen LogP contribution in [0.5, 0.6) is 0 Å². The van der Waals surface area contributed by atoms with Crippen LogP contribution in [0.3, 0.4) is 0 Å². The summed E-state index contributed by atoms with van der Waals surface area (Å²) in [7, 11) is 0. The van der Waals surface area contributed by atoms with Crippen molar-refractivity contribution in [1.82, 2.24) is 0 Å². The van der Waals surface area contributed by atoms with Gasteiger partial charge in [-0.2, -0.15) is 0 Å². The minimum absolute atomic E-state index is 0.230. The molecule has 7 heavy (non-hydrogen) atoms. The van der Waals surface area contributed by atoms with Crippen LogP contribution in [0.15, 0.2) is 0 Å². The van der Waals surface area contributed by atoms with Gasteiger partial charge < -0.3 is 0 Å². The zero-order valence-corrected chi connectivity index (χ0v) is 11.7. The van der Waals surface area contributed by atoms with Crippen LogP contribution in [-0.2, 0) is 0 Å². The monoisotopic (exact) mass is 315 g/mol. The van der Waals surface area contributed by atoms with Crippen LogP contribution in [0.25, 0.3) is 0 Å². The molecule has 0 atom stereocenters. The van der Waals surface area contributed by atoms with Gasteiger partial charge in [0.1, 0.15) is 0 Å². The maximum atomic E-state index is 2.36. The molecule has 0 fully saturated rings. The van der Waals surface area contributed by atoms with Crippen LogP contribution in [0.1, 0.15) is 0 Å². The number of rotatable bonds is 0. The van der Waals surface area contributed by atoms with Crippen LogP contribution in [0, 0.1) is 0 Å². The Kier molecular flexibility index (Phi) is 17.2. The topological polar surface area (TPSA) is 0 Å². The summed E-state index contributed by atoms with van der Waals surface area (Å²) in [5.41, 5.74) is 0. The predicted molar refractivity (Wildman–Crippen MR) is 40.8 cm³/mol. The van der Waals surface area contributed by atoms with Gasteiger partial charge in [-0.3, -0.25) is 0 Å². The molecule has 0 nitrogen and oxygen atoms in total. The fourth-order valence-electron chi connectivity index (χ4n) is 0. The first-order valence-electron chi connectivity index (χ1n) is 2.50. The van der Waals surface area contributed by atoms with Gasteiger partial charge in [0.15, 0.2) is 0 Å². The Balaban J connectivity index is 0. The van der Waals surface area contributed by atoms with Crippen molar-refractivity contribution in [2.75, 3.05) is 0 Å². The molecule has 43 valence electrons. The second-order valence-corrected chi connectivity index (χ2v) is 13.4. The summed E-state index contributed by atoms with van der Waals surface area (Å²) in [4.78, 5) is 11.7. The standard InChI is InChI=1S/5CH3.2Sn/h5*1H3;;. The third-order valence-electron chi connectivity index (χ3n) is 0. The Morgan fingerprint density at radius 1 is 1.00 bits per heavy atom. The van der Waals surface area contributed by atoms with E-state index in [1.165, 1.54) is 0 Å². The molecule has 0 spiro atoms. The summed E-state index contributed by atoms with van der Waals surface area (Å²) in [6.07, 6.45) is 0.